The lowest BCUT2D eigenvalue weighted by molar-refractivity contribution is 0.0145. The first-order chi connectivity index (χ1) is 9.07. The lowest BCUT2D eigenvalue weighted by Crippen LogP contribution is -2.50. The zero-order chi connectivity index (χ0) is 15.4. The van der Waals surface area contributed by atoms with Gasteiger partial charge in [-0.2, -0.15) is 0 Å². The second kappa shape index (κ2) is 6.69. The predicted octanol–water partition coefficient (Wildman–Crippen LogP) is 2.78. The molecule has 8 heteroatoms. The molecule has 0 aromatic carbocycles. The van der Waals surface area contributed by atoms with Gasteiger partial charge in [-0.1, -0.05) is 12.7 Å². The largest absolute Gasteiger partial charge is 0.478 e. The van der Waals surface area contributed by atoms with Crippen LogP contribution >= 0.6 is 0 Å². The maximum Gasteiger partial charge on any atom is 0.478 e. The van der Waals surface area contributed by atoms with E-state index in [4.69, 9.17) is 4.74 Å². The summed E-state index contributed by atoms with van der Waals surface area (Å²) < 4.78 is 41.6. The predicted molar refractivity (Wildman–Crippen MR) is 72.7 cm³/mol. The molecular formula is C12H23BF3N2O2-. The maximum absolute atomic E-state index is 12.1. The molecule has 1 aliphatic rings. The highest BCUT2D eigenvalue weighted by atomic mass is 19.4. The van der Waals surface area contributed by atoms with Crippen LogP contribution in [0.25, 0.3) is 0 Å². The second-order valence-corrected chi connectivity index (χ2v) is 6.16. The van der Waals surface area contributed by atoms with Gasteiger partial charge in [-0.25, -0.2) is 4.79 Å². The molecule has 1 fully saturated rings. The van der Waals surface area contributed by atoms with E-state index in [0.717, 1.165) is 0 Å². The molecular weight excluding hydrogens is 272 g/mol. The first-order valence-electron chi connectivity index (χ1n) is 6.98. The van der Waals surface area contributed by atoms with Crippen molar-refractivity contribution in [1.29, 1.82) is 0 Å². The molecule has 1 heterocycles. The van der Waals surface area contributed by atoms with E-state index in [0.29, 0.717) is 32.7 Å². The van der Waals surface area contributed by atoms with Crippen LogP contribution in [-0.4, -0.2) is 61.2 Å². The zero-order valence-electron chi connectivity index (χ0n) is 12.4. The van der Waals surface area contributed by atoms with Crippen molar-refractivity contribution >= 4 is 13.1 Å². The van der Waals surface area contributed by atoms with E-state index in [-0.39, 0.29) is 12.5 Å². The molecule has 4 nitrogen and oxygen atoms in total. The van der Waals surface area contributed by atoms with Gasteiger partial charge < -0.3 is 22.6 Å². The van der Waals surface area contributed by atoms with Crippen LogP contribution in [0.5, 0.6) is 0 Å². The highest BCUT2D eigenvalue weighted by Gasteiger charge is 2.26. The number of amides is 1. The number of hydrogen-bond donors (Lipinski definition) is 0. The van der Waals surface area contributed by atoms with E-state index in [9.17, 15) is 17.7 Å². The molecule has 0 aromatic rings. The Balaban J connectivity index is 2.25. The molecule has 0 spiro atoms. The molecule has 1 rings (SSSR count). The minimum absolute atomic E-state index is 0.135. The van der Waals surface area contributed by atoms with Crippen LogP contribution in [0.4, 0.5) is 17.7 Å². The molecule has 118 valence electrons. The van der Waals surface area contributed by atoms with Crippen LogP contribution < -0.4 is 0 Å². The number of nitrogens with zero attached hydrogens (tertiary/aromatic N) is 2. The van der Waals surface area contributed by atoms with Crippen molar-refractivity contribution in [3.05, 3.63) is 0 Å². The Bertz CT molecular complexity index is 324. The minimum atomic E-state index is -4.68. The van der Waals surface area contributed by atoms with Crippen molar-refractivity contribution in [1.82, 2.24) is 9.80 Å². The monoisotopic (exact) mass is 295 g/mol. The Morgan fingerprint density at radius 3 is 2.15 bits per heavy atom. The fourth-order valence-corrected chi connectivity index (χ4v) is 2.03. The Kier molecular flexibility index (Phi) is 5.73. The molecule has 0 atom stereocenters. The quantitative estimate of drug-likeness (QED) is 0.748. The van der Waals surface area contributed by atoms with Crippen LogP contribution in [0, 0.1) is 0 Å². The Morgan fingerprint density at radius 1 is 1.15 bits per heavy atom. The first-order valence-corrected chi connectivity index (χ1v) is 6.98. The van der Waals surface area contributed by atoms with Crippen molar-refractivity contribution in [3.63, 3.8) is 0 Å². The molecule has 0 saturated carbocycles. The van der Waals surface area contributed by atoms with Gasteiger partial charge in [0.25, 0.3) is 0 Å². The third-order valence-corrected chi connectivity index (χ3v) is 3.03. The molecule has 0 N–H and O–H groups in total. The van der Waals surface area contributed by atoms with Gasteiger partial charge in [-0.15, -0.1) is 0 Å². The summed E-state index contributed by atoms with van der Waals surface area (Å²) in [5, 5.41) is 0. The van der Waals surface area contributed by atoms with Gasteiger partial charge in [0, 0.05) is 26.2 Å². The molecule has 1 saturated heterocycles. The summed E-state index contributed by atoms with van der Waals surface area (Å²) in [5.41, 5.74) is -0.525. The van der Waals surface area contributed by atoms with Gasteiger partial charge in [0.1, 0.15) is 5.60 Å². The Hall–Kier alpha value is -0.915. The first kappa shape index (κ1) is 17.1. The lowest BCUT2D eigenvalue weighted by Gasteiger charge is -2.35. The fourth-order valence-electron chi connectivity index (χ4n) is 2.03. The summed E-state index contributed by atoms with van der Waals surface area (Å²) in [7, 11) is 0. The molecule has 0 unspecified atom stereocenters. The summed E-state index contributed by atoms with van der Waals surface area (Å²) in [6, 6.07) is 0. The van der Waals surface area contributed by atoms with E-state index in [1.165, 1.54) is 0 Å². The number of halogens is 3. The minimum Gasteiger partial charge on any atom is -0.449 e. The SMILES string of the molecule is CC(C)(C)OC(=O)N1CCN(CCC[B-](F)(F)F)CC1. The van der Waals surface area contributed by atoms with Crippen molar-refractivity contribution in [2.45, 2.75) is 39.1 Å². The highest BCUT2D eigenvalue weighted by Crippen LogP contribution is 2.17. The third-order valence-electron chi connectivity index (χ3n) is 3.03. The zero-order valence-corrected chi connectivity index (χ0v) is 12.4. The average molecular weight is 295 g/mol. The van der Waals surface area contributed by atoms with E-state index >= 15 is 0 Å². The molecule has 0 radical (unpaired) electrons. The molecule has 0 aliphatic carbocycles. The van der Waals surface area contributed by atoms with Crippen molar-refractivity contribution in [2.75, 3.05) is 32.7 Å². The topological polar surface area (TPSA) is 32.8 Å². The van der Waals surface area contributed by atoms with E-state index in [1.54, 1.807) is 25.7 Å². The highest BCUT2D eigenvalue weighted by molar-refractivity contribution is 6.58. The van der Waals surface area contributed by atoms with Crippen LogP contribution in [-0.2, 0) is 4.74 Å². The summed E-state index contributed by atoms with van der Waals surface area (Å²) in [4.78, 5) is 15.4. The number of ether oxygens (including phenoxy) is 1. The normalized spacial score (nSPS) is 18.2. The molecule has 0 bridgehead atoms. The summed E-state index contributed by atoms with van der Waals surface area (Å²) in [5.74, 6) is 0. The van der Waals surface area contributed by atoms with Crippen LogP contribution in [0.3, 0.4) is 0 Å². The molecule has 1 aliphatic heterocycles. The lowest BCUT2D eigenvalue weighted by atomic mass is 9.84. The standard InChI is InChI=1S/C12H23BF3N2O2/c1-12(2,3)20-11(19)18-9-7-17(8-10-18)6-4-5-13(14,15)16/h4-10H2,1-3H3/q-1. The number of rotatable bonds is 4. The van der Waals surface area contributed by atoms with E-state index < -0.39 is 18.9 Å². The summed E-state index contributed by atoms with van der Waals surface area (Å²) in [6.07, 6.45) is -0.904. The number of hydrogen-bond acceptors (Lipinski definition) is 3. The molecule has 20 heavy (non-hydrogen) atoms. The third kappa shape index (κ3) is 7.02. The number of carbonyl (C=O) groups is 1. The number of piperazine rings is 1. The molecule has 1 amide bonds. The van der Waals surface area contributed by atoms with Crippen LogP contribution in [0.1, 0.15) is 27.2 Å². The van der Waals surface area contributed by atoms with E-state index in [1.807, 2.05) is 4.90 Å². The van der Waals surface area contributed by atoms with Gasteiger partial charge in [0.2, 0.25) is 0 Å². The van der Waals surface area contributed by atoms with Crippen molar-refractivity contribution in [3.8, 4) is 0 Å². The van der Waals surface area contributed by atoms with E-state index in [2.05, 4.69) is 0 Å². The summed E-state index contributed by atoms with van der Waals surface area (Å²) >= 11 is 0. The van der Waals surface area contributed by atoms with Crippen LogP contribution in [0.2, 0.25) is 6.32 Å². The van der Waals surface area contributed by atoms with Gasteiger partial charge in [0.15, 0.2) is 0 Å². The van der Waals surface area contributed by atoms with Gasteiger partial charge in [-0.05, 0) is 27.3 Å². The average Bonchev–Trinajstić information content (AvgIpc) is 2.25. The number of carbonyl (C=O) groups excluding carboxylic acids is 1. The second-order valence-electron chi connectivity index (χ2n) is 6.16. The van der Waals surface area contributed by atoms with Gasteiger partial charge in [-0.3, -0.25) is 4.90 Å². The smallest absolute Gasteiger partial charge is 0.449 e. The Morgan fingerprint density at radius 2 is 1.70 bits per heavy atom. The maximum atomic E-state index is 12.1. The summed E-state index contributed by atoms with van der Waals surface area (Å²) in [6.45, 7) is 3.38. The molecule has 0 aromatic heterocycles. The van der Waals surface area contributed by atoms with Crippen molar-refractivity contribution in [2.24, 2.45) is 0 Å². The van der Waals surface area contributed by atoms with Gasteiger partial charge in [0.05, 0.1) is 0 Å². The Labute approximate surface area is 118 Å². The van der Waals surface area contributed by atoms with Crippen molar-refractivity contribution < 1.29 is 22.5 Å². The van der Waals surface area contributed by atoms with Gasteiger partial charge >= 0.3 is 13.1 Å². The van der Waals surface area contributed by atoms with Crippen LogP contribution in [0.15, 0.2) is 0 Å². The fraction of sp³-hybridized carbons (Fsp3) is 0.917.